The number of hydrogen-bond donors (Lipinski definition) is 0. The van der Waals surface area contributed by atoms with Gasteiger partial charge in [0.05, 0.1) is 24.8 Å². The lowest BCUT2D eigenvalue weighted by Gasteiger charge is -2.42. The maximum Gasteiger partial charge on any atom is 0.261 e. The maximum absolute atomic E-state index is 14.4. The van der Waals surface area contributed by atoms with E-state index in [9.17, 15) is 13.6 Å². The summed E-state index contributed by atoms with van der Waals surface area (Å²) in [6, 6.07) is 0. The number of alkyl halides is 2. The minimum absolute atomic E-state index is 0.157. The molecule has 1 atom stereocenters. The van der Waals surface area contributed by atoms with E-state index in [4.69, 9.17) is 4.74 Å². The van der Waals surface area contributed by atoms with Gasteiger partial charge in [0, 0.05) is 58.5 Å². The van der Waals surface area contributed by atoms with Gasteiger partial charge in [0.25, 0.3) is 5.92 Å². The van der Waals surface area contributed by atoms with Crippen molar-refractivity contribution in [1.29, 1.82) is 0 Å². The van der Waals surface area contributed by atoms with E-state index in [0.29, 0.717) is 39.2 Å². The first kappa shape index (κ1) is 17.3. The van der Waals surface area contributed by atoms with Crippen LogP contribution in [0.4, 0.5) is 8.78 Å². The molecule has 134 valence electrons. The Kier molecular flexibility index (Phi) is 4.61. The summed E-state index contributed by atoms with van der Waals surface area (Å²) in [5.41, 5.74) is -0.0930. The number of aromatic nitrogens is 2. The third-order valence-corrected chi connectivity index (χ3v) is 4.91. The van der Waals surface area contributed by atoms with Crippen LogP contribution in [-0.2, 0) is 23.1 Å². The minimum atomic E-state index is -2.85. The highest BCUT2D eigenvalue weighted by Gasteiger charge is 2.56. The molecule has 0 N–H and O–H groups in total. The van der Waals surface area contributed by atoms with Crippen molar-refractivity contribution in [3.63, 3.8) is 0 Å². The molecule has 8 heteroatoms. The first-order chi connectivity index (χ1) is 11.3. The van der Waals surface area contributed by atoms with Crippen LogP contribution in [0.5, 0.6) is 0 Å². The Morgan fingerprint density at radius 3 is 2.83 bits per heavy atom. The van der Waals surface area contributed by atoms with Crippen LogP contribution in [0.25, 0.3) is 0 Å². The summed E-state index contributed by atoms with van der Waals surface area (Å²) < 4.78 is 35.4. The van der Waals surface area contributed by atoms with Gasteiger partial charge in [-0.3, -0.25) is 14.4 Å². The van der Waals surface area contributed by atoms with Crippen molar-refractivity contribution in [2.75, 3.05) is 39.9 Å². The third-order valence-electron chi connectivity index (χ3n) is 4.91. The van der Waals surface area contributed by atoms with Crippen molar-refractivity contribution >= 4 is 5.91 Å². The lowest BCUT2D eigenvalue weighted by molar-refractivity contribution is -0.155. The zero-order valence-corrected chi connectivity index (χ0v) is 14.2. The highest BCUT2D eigenvalue weighted by atomic mass is 19.3. The molecule has 0 unspecified atom stereocenters. The molecule has 2 aliphatic heterocycles. The van der Waals surface area contributed by atoms with Crippen molar-refractivity contribution < 1.29 is 18.3 Å². The monoisotopic (exact) mass is 342 g/mol. The number of aryl methyl sites for hydroxylation is 1. The molecule has 0 bridgehead atoms. The normalized spacial score (nSPS) is 27.3. The van der Waals surface area contributed by atoms with E-state index in [-0.39, 0.29) is 18.9 Å². The van der Waals surface area contributed by atoms with Crippen LogP contribution in [0, 0.1) is 5.41 Å². The van der Waals surface area contributed by atoms with Crippen molar-refractivity contribution in [3.05, 3.63) is 18.0 Å². The van der Waals surface area contributed by atoms with Crippen LogP contribution < -0.4 is 0 Å². The van der Waals surface area contributed by atoms with E-state index < -0.39 is 11.3 Å². The number of likely N-dealkylation sites (tertiary alicyclic amines) is 2. The second kappa shape index (κ2) is 6.40. The largest absolute Gasteiger partial charge is 0.383 e. The Labute approximate surface area is 140 Å². The molecule has 0 saturated carbocycles. The van der Waals surface area contributed by atoms with Gasteiger partial charge in [-0.05, 0) is 6.42 Å². The highest BCUT2D eigenvalue weighted by molar-refractivity contribution is 5.85. The number of nitrogens with zero attached hydrogens (tertiary/aromatic N) is 4. The number of hydrogen-bond acceptors (Lipinski definition) is 4. The molecule has 2 aliphatic rings. The van der Waals surface area contributed by atoms with Crippen LogP contribution in [0.2, 0.25) is 0 Å². The quantitative estimate of drug-likeness (QED) is 0.805. The third kappa shape index (κ3) is 3.44. The van der Waals surface area contributed by atoms with E-state index >= 15 is 0 Å². The molecule has 2 saturated heterocycles. The molecule has 0 radical (unpaired) electrons. The summed E-state index contributed by atoms with van der Waals surface area (Å²) in [4.78, 5) is 16.1. The standard InChI is InChI=1S/C16H24F2N4O2/c1-20-8-13(7-19-20)9-21-11-15(10-16(17,18)12-21)3-4-22(14(15)23)5-6-24-2/h7-8H,3-6,9-12H2,1-2H3/t15-/m0/s1. The van der Waals surface area contributed by atoms with Gasteiger partial charge in [-0.1, -0.05) is 0 Å². The molecule has 24 heavy (non-hydrogen) atoms. The molecule has 1 spiro atoms. The van der Waals surface area contributed by atoms with Gasteiger partial charge in [-0.25, -0.2) is 8.78 Å². The molecule has 3 rings (SSSR count). The second-order valence-corrected chi connectivity index (χ2v) is 7.02. The SMILES string of the molecule is COCCN1CC[C@]2(CN(Cc3cnn(C)c3)CC(F)(F)C2)C1=O. The maximum atomic E-state index is 14.4. The molecule has 0 aromatic carbocycles. The van der Waals surface area contributed by atoms with Crippen LogP contribution in [0.3, 0.4) is 0 Å². The molecule has 2 fully saturated rings. The summed E-state index contributed by atoms with van der Waals surface area (Å²) >= 11 is 0. The van der Waals surface area contributed by atoms with Crippen molar-refractivity contribution in [1.82, 2.24) is 19.6 Å². The predicted octanol–water partition coefficient (Wildman–Crippen LogP) is 1.13. The smallest absolute Gasteiger partial charge is 0.261 e. The van der Waals surface area contributed by atoms with Crippen LogP contribution in [-0.4, -0.2) is 71.3 Å². The number of amides is 1. The Hall–Kier alpha value is -1.54. The van der Waals surface area contributed by atoms with Crippen molar-refractivity contribution in [2.45, 2.75) is 25.3 Å². The number of carbonyl (C=O) groups is 1. The molecule has 1 aromatic rings. The van der Waals surface area contributed by atoms with Gasteiger partial charge in [-0.15, -0.1) is 0 Å². The number of piperidine rings is 1. The van der Waals surface area contributed by atoms with E-state index in [1.54, 1.807) is 34.8 Å². The zero-order chi connectivity index (χ0) is 17.4. The van der Waals surface area contributed by atoms with Gasteiger partial charge in [0.15, 0.2) is 0 Å². The number of methoxy groups -OCH3 is 1. The van der Waals surface area contributed by atoms with E-state index in [2.05, 4.69) is 5.10 Å². The van der Waals surface area contributed by atoms with Crippen LogP contribution in [0.1, 0.15) is 18.4 Å². The summed E-state index contributed by atoms with van der Waals surface area (Å²) in [6.45, 7) is 1.87. The zero-order valence-electron chi connectivity index (χ0n) is 14.2. The summed E-state index contributed by atoms with van der Waals surface area (Å²) in [6.07, 6.45) is 3.63. The molecular formula is C16H24F2N4O2. The Balaban J connectivity index is 1.74. The number of carbonyl (C=O) groups excluding carboxylic acids is 1. The number of halogens is 2. The summed E-state index contributed by atoms with van der Waals surface area (Å²) in [5.74, 6) is -3.01. The Morgan fingerprint density at radius 2 is 2.17 bits per heavy atom. The molecule has 3 heterocycles. The van der Waals surface area contributed by atoms with Crippen molar-refractivity contribution in [3.8, 4) is 0 Å². The number of rotatable bonds is 5. The average Bonchev–Trinajstić information content (AvgIpc) is 3.01. The van der Waals surface area contributed by atoms with E-state index in [1.165, 1.54) is 0 Å². The Morgan fingerprint density at radius 1 is 1.38 bits per heavy atom. The fourth-order valence-electron chi connectivity index (χ4n) is 3.96. The second-order valence-electron chi connectivity index (χ2n) is 7.02. The summed E-state index contributed by atoms with van der Waals surface area (Å²) in [5, 5.41) is 4.08. The summed E-state index contributed by atoms with van der Waals surface area (Å²) in [7, 11) is 3.37. The fraction of sp³-hybridized carbons (Fsp3) is 0.750. The minimum Gasteiger partial charge on any atom is -0.383 e. The molecule has 0 aliphatic carbocycles. The highest BCUT2D eigenvalue weighted by Crippen LogP contribution is 2.45. The van der Waals surface area contributed by atoms with Gasteiger partial charge in [-0.2, -0.15) is 5.10 Å². The lowest BCUT2D eigenvalue weighted by Crippen LogP contribution is -2.55. The van der Waals surface area contributed by atoms with E-state index in [1.807, 2.05) is 6.20 Å². The number of ether oxygens (including phenoxy) is 1. The van der Waals surface area contributed by atoms with Gasteiger partial charge in [0.2, 0.25) is 5.91 Å². The Bertz CT molecular complexity index is 607. The van der Waals surface area contributed by atoms with Gasteiger partial charge >= 0.3 is 0 Å². The fourth-order valence-corrected chi connectivity index (χ4v) is 3.96. The van der Waals surface area contributed by atoms with Crippen LogP contribution >= 0.6 is 0 Å². The van der Waals surface area contributed by atoms with Crippen molar-refractivity contribution in [2.24, 2.45) is 12.5 Å². The average molecular weight is 342 g/mol. The van der Waals surface area contributed by atoms with Gasteiger partial charge < -0.3 is 9.64 Å². The predicted molar refractivity (Wildman–Crippen MR) is 83.6 cm³/mol. The molecule has 6 nitrogen and oxygen atoms in total. The molecule has 1 aromatic heterocycles. The topological polar surface area (TPSA) is 50.6 Å². The first-order valence-corrected chi connectivity index (χ1v) is 8.20. The molecule has 1 amide bonds. The van der Waals surface area contributed by atoms with Gasteiger partial charge in [0.1, 0.15) is 0 Å². The molecular weight excluding hydrogens is 318 g/mol. The van der Waals surface area contributed by atoms with Crippen LogP contribution in [0.15, 0.2) is 12.4 Å². The lowest BCUT2D eigenvalue weighted by atomic mass is 9.77. The van der Waals surface area contributed by atoms with E-state index in [0.717, 1.165) is 5.56 Å². The first-order valence-electron chi connectivity index (χ1n) is 8.20.